The second-order valence-corrected chi connectivity index (χ2v) is 10.2. The lowest BCUT2D eigenvalue weighted by Crippen LogP contribution is -2.48. The summed E-state index contributed by atoms with van der Waals surface area (Å²) in [4.78, 5) is 23.1. The first-order valence-corrected chi connectivity index (χ1v) is 13.1. The summed E-state index contributed by atoms with van der Waals surface area (Å²) in [6.07, 6.45) is 1.06. The van der Waals surface area contributed by atoms with Gasteiger partial charge in [-0.05, 0) is 54.8 Å². The molecular formula is C30H30BrN3O. The molecule has 0 bridgehead atoms. The van der Waals surface area contributed by atoms with Crippen molar-refractivity contribution in [2.45, 2.75) is 26.8 Å². The van der Waals surface area contributed by atoms with E-state index < -0.39 is 0 Å². The molecule has 0 radical (unpaired) electrons. The second-order valence-electron chi connectivity index (χ2n) is 9.32. The summed E-state index contributed by atoms with van der Waals surface area (Å²) < 4.78 is 0.947. The van der Waals surface area contributed by atoms with Gasteiger partial charge in [-0.25, -0.2) is 4.98 Å². The second kappa shape index (κ2) is 10.3. The van der Waals surface area contributed by atoms with E-state index in [1.165, 1.54) is 16.7 Å². The molecule has 1 fully saturated rings. The Morgan fingerprint density at radius 2 is 1.66 bits per heavy atom. The van der Waals surface area contributed by atoms with E-state index >= 15 is 0 Å². The number of benzene rings is 3. The number of hydrogen-bond acceptors (Lipinski definition) is 3. The predicted octanol–water partition coefficient (Wildman–Crippen LogP) is 6.49. The number of fused-ring (bicyclic) bond motifs is 1. The maximum absolute atomic E-state index is 13.8. The SMILES string of the molecule is CCc1ccc(CN2CCN(C(=O)c3cc(-c4cccc(C)c4)nc4ccc(Br)cc34)CC2)cc1. The molecule has 35 heavy (non-hydrogen) atoms. The standard InChI is InChI=1S/C30H30BrN3O/c1-3-22-7-9-23(10-8-22)20-33-13-15-34(16-14-33)30(35)27-19-29(24-6-4-5-21(2)17-24)32-28-12-11-25(31)18-26(27)28/h4-12,17-19H,3,13-16,20H2,1-2H3. The molecule has 3 aromatic carbocycles. The van der Waals surface area contributed by atoms with Gasteiger partial charge in [0, 0.05) is 48.1 Å². The first-order valence-electron chi connectivity index (χ1n) is 12.3. The summed E-state index contributed by atoms with van der Waals surface area (Å²) in [5.41, 5.74) is 7.29. The van der Waals surface area contributed by atoms with Crippen molar-refractivity contribution in [3.63, 3.8) is 0 Å². The fourth-order valence-electron chi connectivity index (χ4n) is 4.75. The predicted molar refractivity (Wildman–Crippen MR) is 147 cm³/mol. The summed E-state index contributed by atoms with van der Waals surface area (Å²) >= 11 is 3.57. The summed E-state index contributed by atoms with van der Waals surface area (Å²) in [7, 11) is 0. The Balaban J connectivity index is 1.37. The number of rotatable bonds is 5. The molecule has 0 N–H and O–H groups in total. The Hall–Kier alpha value is -3.02. The van der Waals surface area contributed by atoms with E-state index in [2.05, 4.69) is 77.1 Å². The van der Waals surface area contributed by atoms with Crippen LogP contribution < -0.4 is 0 Å². The van der Waals surface area contributed by atoms with Crippen LogP contribution >= 0.6 is 15.9 Å². The van der Waals surface area contributed by atoms with Gasteiger partial charge in [-0.1, -0.05) is 70.9 Å². The van der Waals surface area contributed by atoms with Gasteiger partial charge in [-0.2, -0.15) is 0 Å². The van der Waals surface area contributed by atoms with Crippen LogP contribution in [-0.2, 0) is 13.0 Å². The number of halogens is 1. The van der Waals surface area contributed by atoms with E-state index in [1.807, 2.05) is 35.2 Å². The molecule has 1 aromatic heterocycles. The third-order valence-corrected chi connectivity index (χ3v) is 7.31. The fraction of sp³-hybridized carbons (Fsp3) is 0.267. The van der Waals surface area contributed by atoms with E-state index in [-0.39, 0.29) is 5.91 Å². The highest BCUT2D eigenvalue weighted by molar-refractivity contribution is 9.10. The van der Waals surface area contributed by atoms with Crippen LogP contribution in [0.25, 0.3) is 22.2 Å². The summed E-state index contributed by atoms with van der Waals surface area (Å²) in [5, 5.41) is 0.888. The smallest absolute Gasteiger partial charge is 0.254 e. The molecule has 5 heteroatoms. The number of hydrogen-bond donors (Lipinski definition) is 0. The van der Waals surface area contributed by atoms with Crippen LogP contribution in [0.1, 0.15) is 34.0 Å². The Morgan fingerprint density at radius 1 is 0.914 bits per heavy atom. The van der Waals surface area contributed by atoms with Crippen molar-refractivity contribution < 1.29 is 4.79 Å². The van der Waals surface area contributed by atoms with Crippen LogP contribution in [0, 0.1) is 6.92 Å². The van der Waals surface area contributed by atoms with Crippen molar-refractivity contribution >= 4 is 32.7 Å². The summed E-state index contributed by atoms with van der Waals surface area (Å²) in [5.74, 6) is 0.0800. The number of carbonyl (C=O) groups excluding carboxylic acids is 1. The highest BCUT2D eigenvalue weighted by Gasteiger charge is 2.24. The maximum Gasteiger partial charge on any atom is 0.254 e. The van der Waals surface area contributed by atoms with Crippen molar-refractivity contribution in [3.8, 4) is 11.3 Å². The molecule has 1 amide bonds. The topological polar surface area (TPSA) is 36.4 Å². The van der Waals surface area contributed by atoms with Crippen molar-refractivity contribution in [1.82, 2.24) is 14.8 Å². The quantitative estimate of drug-likeness (QED) is 0.297. The Morgan fingerprint density at radius 3 is 2.37 bits per heavy atom. The molecular weight excluding hydrogens is 498 g/mol. The highest BCUT2D eigenvalue weighted by Crippen LogP contribution is 2.29. The largest absolute Gasteiger partial charge is 0.336 e. The van der Waals surface area contributed by atoms with Gasteiger partial charge in [0.05, 0.1) is 16.8 Å². The van der Waals surface area contributed by atoms with Gasteiger partial charge in [0.25, 0.3) is 5.91 Å². The van der Waals surface area contributed by atoms with Crippen LogP contribution in [0.15, 0.2) is 77.3 Å². The first-order chi connectivity index (χ1) is 17.0. The average molecular weight is 528 g/mol. The third kappa shape index (κ3) is 5.31. The van der Waals surface area contributed by atoms with Crippen LogP contribution in [0.4, 0.5) is 0 Å². The molecule has 0 spiro atoms. The van der Waals surface area contributed by atoms with Gasteiger partial charge >= 0.3 is 0 Å². The van der Waals surface area contributed by atoms with E-state index in [0.29, 0.717) is 0 Å². The molecule has 0 aliphatic carbocycles. The molecule has 0 saturated carbocycles. The number of amides is 1. The molecule has 1 aliphatic heterocycles. The number of piperazine rings is 1. The molecule has 1 aliphatic rings. The monoisotopic (exact) mass is 527 g/mol. The van der Waals surface area contributed by atoms with E-state index in [1.54, 1.807) is 0 Å². The molecule has 1 saturated heterocycles. The zero-order valence-corrected chi connectivity index (χ0v) is 21.9. The van der Waals surface area contributed by atoms with Crippen molar-refractivity contribution in [1.29, 1.82) is 0 Å². The van der Waals surface area contributed by atoms with Crippen LogP contribution in [0.2, 0.25) is 0 Å². The van der Waals surface area contributed by atoms with Crippen molar-refractivity contribution in [2.24, 2.45) is 0 Å². The molecule has 5 rings (SSSR count). The van der Waals surface area contributed by atoms with Crippen molar-refractivity contribution in [3.05, 3.63) is 99.5 Å². The van der Waals surface area contributed by atoms with E-state index in [9.17, 15) is 4.79 Å². The lowest BCUT2D eigenvalue weighted by Gasteiger charge is -2.35. The number of pyridine rings is 1. The van der Waals surface area contributed by atoms with Gasteiger partial charge in [-0.15, -0.1) is 0 Å². The minimum absolute atomic E-state index is 0.0800. The first kappa shape index (κ1) is 23.7. The summed E-state index contributed by atoms with van der Waals surface area (Å²) in [6, 6.07) is 25.1. The van der Waals surface area contributed by atoms with Crippen LogP contribution in [-0.4, -0.2) is 46.9 Å². The Kier molecular flexibility index (Phi) is 6.98. The van der Waals surface area contributed by atoms with Gasteiger partial charge in [0.2, 0.25) is 0 Å². The third-order valence-electron chi connectivity index (χ3n) is 6.81. The van der Waals surface area contributed by atoms with Gasteiger partial charge in [0.1, 0.15) is 0 Å². The van der Waals surface area contributed by atoms with Gasteiger partial charge < -0.3 is 4.90 Å². The molecule has 178 valence electrons. The molecule has 4 aromatic rings. The minimum Gasteiger partial charge on any atom is -0.336 e. The average Bonchev–Trinajstić information content (AvgIpc) is 2.88. The zero-order chi connectivity index (χ0) is 24.4. The lowest BCUT2D eigenvalue weighted by molar-refractivity contribution is 0.0630. The normalized spacial score (nSPS) is 14.4. The summed E-state index contributed by atoms with van der Waals surface area (Å²) in [6.45, 7) is 8.38. The van der Waals surface area contributed by atoms with E-state index in [0.717, 1.165) is 71.3 Å². The number of aromatic nitrogens is 1. The zero-order valence-electron chi connectivity index (χ0n) is 20.3. The fourth-order valence-corrected chi connectivity index (χ4v) is 5.11. The van der Waals surface area contributed by atoms with Gasteiger partial charge in [0.15, 0.2) is 0 Å². The number of aryl methyl sites for hydroxylation is 2. The van der Waals surface area contributed by atoms with Crippen LogP contribution in [0.3, 0.4) is 0 Å². The highest BCUT2D eigenvalue weighted by atomic mass is 79.9. The molecule has 0 atom stereocenters. The number of carbonyl (C=O) groups is 1. The molecule has 4 nitrogen and oxygen atoms in total. The Labute approximate surface area is 215 Å². The maximum atomic E-state index is 13.8. The molecule has 0 unspecified atom stereocenters. The van der Waals surface area contributed by atoms with Crippen molar-refractivity contribution in [2.75, 3.05) is 26.2 Å². The number of nitrogens with zero attached hydrogens (tertiary/aromatic N) is 3. The van der Waals surface area contributed by atoms with E-state index in [4.69, 9.17) is 4.98 Å². The molecule has 2 heterocycles. The Bertz CT molecular complexity index is 1360. The lowest BCUT2D eigenvalue weighted by atomic mass is 10.0. The van der Waals surface area contributed by atoms with Crippen LogP contribution in [0.5, 0.6) is 0 Å². The van der Waals surface area contributed by atoms with Gasteiger partial charge in [-0.3, -0.25) is 9.69 Å². The minimum atomic E-state index is 0.0800.